The molecule has 21 heavy (non-hydrogen) atoms. The third-order valence-electron chi connectivity index (χ3n) is 4.71. The van der Waals surface area contributed by atoms with Gasteiger partial charge in [0, 0.05) is 10.9 Å². The van der Waals surface area contributed by atoms with Gasteiger partial charge in [0.05, 0.1) is 5.39 Å². The van der Waals surface area contributed by atoms with Crippen molar-refractivity contribution in [2.75, 3.05) is 0 Å². The number of aryl methyl sites for hydroxylation is 5. The number of fused-ring (bicyclic) bond motifs is 3. The zero-order chi connectivity index (χ0) is 15.7. The van der Waals surface area contributed by atoms with Gasteiger partial charge in [-0.2, -0.15) is 0 Å². The van der Waals surface area contributed by atoms with E-state index in [1.807, 2.05) is 13.8 Å². The summed E-state index contributed by atoms with van der Waals surface area (Å²) in [5.74, 6) is 1.98. The van der Waals surface area contributed by atoms with Gasteiger partial charge in [-0.15, -0.1) is 0 Å². The van der Waals surface area contributed by atoms with E-state index in [1.54, 1.807) is 0 Å². The molecule has 3 rings (SSSR count). The average molecular weight is 284 g/mol. The monoisotopic (exact) mass is 284 g/mol. The lowest BCUT2D eigenvalue weighted by molar-refractivity contribution is 0.560. The van der Waals surface area contributed by atoms with Crippen molar-refractivity contribution in [3.05, 3.63) is 33.8 Å². The topological polar surface area (TPSA) is 26.3 Å². The highest BCUT2D eigenvalue weighted by atomic mass is 16.3. The summed E-state index contributed by atoms with van der Waals surface area (Å²) in [6.07, 6.45) is 0. The van der Waals surface area contributed by atoms with Gasteiger partial charge in [0.1, 0.15) is 22.7 Å². The maximum atomic E-state index is 6.14. The molecule has 0 saturated carbocycles. The summed E-state index contributed by atoms with van der Waals surface area (Å²) in [6.45, 7) is 17.3. The fraction of sp³-hybridized carbons (Fsp3) is 0.474. The minimum Gasteiger partial charge on any atom is -0.461 e. The Morgan fingerprint density at radius 3 is 1.62 bits per heavy atom. The molecule has 1 aromatic carbocycles. The molecule has 3 aromatic rings. The Morgan fingerprint density at radius 2 is 1.10 bits per heavy atom. The smallest absolute Gasteiger partial charge is 0.146 e. The van der Waals surface area contributed by atoms with Crippen molar-refractivity contribution in [1.29, 1.82) is 0 Å². The van der Waals surface area contributed by atoms with Crippen LogP contribution in [0.25, 0.3) is 21.9 Å². The number of rotatable bonds is 0. The normalized spacial score (nSPS) is 12.8. The number of hydrogen-bond acceptors (Lipinski definition) is 2. The lowest BCUT2D eigenvalue weighted by Gasteiger charge is -2.23. The van der Waals surface area contributed by atoms with Crippen molar-refractivity contribution in [1.82, 2.24) is 0 Å². The van der Waals surface area contributed by atoms with E-state index in [2.05, 4.69) is 41.5 Å². The molecule has 0 amide bonds. The molecule has 0 fully saturated rings. The van der Waals surface area contributed by atoms with Crippen LogP contribution in [-0.4, -0.2) is 0 Å². The third kappa shape index (κ3) is 1.78. The number of furan rings is 2. The minimum atomic E-state index is 0.0478. The lowest BCUT2D eigenvalue weighted by Crippen LogP contribution is -2.14. The van der Waals surface area contributed by atoms with E-state index in [1.165, 1.54) is 27.6 Å². The average Bonchev–Trinajstić information content (AvgIpc) is 2.80. The van der Waals surface area contributed by atoms with Crippen LogP contribution in [0.1, 0.15) is 54.5 Å². The Bertz CT molecular complexity index is 867. The Morgan fingerprint density at radius 1 is 0.619 bits per heavy atom. The molecule has 0 N–H and O–H groups in total. The van der Waals surface area contributed by atoms with Gasteiger partial charge in [0.15, 0.2) is 0 Å². The third-order valence-corrected chi connectivity index (χ3v) is 4.71. The summed E-state index contributed by atoms with van der Waals surface area (Å²) in [5, 5.41) is 2.41. The van der Waals surface area contributed by atoms with E-state index < -0.39 is 0 Å². The maximum absolute atomic E-state index is 6.14. The van der Waals surface area contributed by atoms with Crippen LogP contribution in [0.15, 0.2) is 8.83 Å². The molecule has 0 bridgehead atoms. The largest absolute Gasteiger partial charge is 0.461 e. The minimum absolute atomic E-state index is 0.0478. The molecule has 112 valence electrons. The molecule has 2 aromatic heterocycles. The van der Waals surface area contributed by atoms with Crippen LogP contribution < -0.4 is 0 Å². The predicted octanol–water partition coefficient (Wildman–Crippen LogP) is 6.02. The predicted molar refractivity (Wildman–Crippen MR) is 88.4 cm³/mol. The van der Waals surface area contributed by atoms with Gasteiger partial charge in [-0.3, -0.25) is 0 Å². The second kappa shape index (κ2) is 4.16. The first kappa shape index (κ1) is 14.2. The molecule has 2 nitrogen and oxygen atoms in total. The highest BCUT2D eigenvalue weighted by Gasteiger charge is 2.28. The second-order valence-corrected chi connectivity index (χ2v) is 7.22. The van der Waals surface area contributed by atoms with E-state index in [0.29, 0.717) is 0 Å². The number of benzene rings is 1. The highest BCUT2D eigenvalue weighted by molar-refractivity contribution is 6.09. The molecule has 0 aliphatic rings. The molecule has 0 unspecified atom stereocenters. The first-order chi connectivity index (χ1) is 9.64. The molecule has 2 heteroatoms. The van der Waals surface area contributed by atoms with E-state index in [-0.39, 0.29) is 5.41 Å². The lowest BCUT2D eigenvalue weighted by atomic mass is 9.80. The molecule has 0 aliphatic carbocycles. The van der Waals surface area contributed by atoms with Crippen LogP contribution in [0.4, 0.5) is 0 Å². The zero-order valence-corrected chi connectivity index (χ0v) is 14.3. The SMILES string of the molecule is Cc1oc2c(c1C)c(C(C)(C)C)c(C)c1oc(C)c(C)c12. The molecule has 0 radical (unpaired) electrons. The van der Waals surface area contributed by atoms with E-state index in [9.17, 15) is 0 Å². The van der Waals surface area contributed by atoms with E-state index in [4.69, 9.17) is 8.83 Å². The van der Waals surface area contributed by atoms with Gasteiger partial charge in [-0.1, -0.05) is 20.8 Å². The van der Waals surface area contributed by atoms with Crippen molar-refractivity contribution < 1.29 is 8.83 Å². The fourth-order valence-corrected chi connectivity index (χ4v) is 3.51. The van der Waals surface area contributed by atoms with Gasteiger partial charge >= 0.3 is 0 Å². The molecule has 0 spiro atoms. The Hall–Kier alpha value is -1.70. The summed E-state index contributed by atoms with van der Waals surface area (Å²) in [5.41, 5.74) is 7.04. The summed E-state index contributed by atoms with van der Waals surface area (Å²) in [7, 11) is 0. The van der Waals surface area contributed by atoms with Crippen LogP contribution in [0.5, 0.6) is 0 Å². The van der Waals surface area contributed by atoms with E-state index >= 15 is 0 Å². The van der Waals surface area contributed by atoms with Gasteiger partial charge in [-0.25, -0.2) is 0 Å². The highest BCUT2D eigenvalue weighted by Crippen LogP contribution is 2.44. The zero-order valence-electron chi connectivity index (χ0n) is 14.3. The second-order valence-electron chi connectivity index (χ2n) is 7.22. The van der Waals surface area contributed by atoms with Crippen molar-refractivity contribution in [2.24, 2.45) is 0 Å². The molecule has 0 atom stereocenters. The Labute approximate surface area is 126 Å². The molecular formula is C19H24O2. The van der Waals surface area contributed by atoms with E-state index in [0.717, 1.165) is 28.1 Å². The van der Waals surface area contributed by atoms with Crippen molar-refractivity contribution >= 4 is 21.9 Å². The van der Waals surface area contributed by atoms with Gasteiger partial charge in [0.25, 0.3) is 0 Å². The van der Waals surface area contributed by atoms with Gasteiger partial charge < -0.3 is 8.83 Å². The quantitative estimate of drug-likeness (QED) is 0.504. The van der Waals surface area contributed by atoms with Crippen molar-refractivity contribution in [2.45, 2.75) is 60.8 Å². The first-order valence-electron chi connectivity index (χ1n) is 7.57. The molecule has 0 saturated heterocycles. The van der Waals surface area contributed by atoms with Crippen molar-refractivity contribution in [3.8, 4) is 0 Å². The summed E-state index contributed by atoms with van der Waals surface area (Å²) < 4.78 is 12.2. The molecule has 0 aliphatic heterocycles. The molecule has 2 heterocycles. The Kier molecular flexibility index (Phi) is 2.82. The van der Waals surface area contributed by atoms with Gasteiger partial charge in [0.2, 0.25) is 0 Å². The fourth-order valence-electron chi connectivity index (χ4n) is 3.51. The Balaban J connectivity index is 2.71. The standard InChI is InChI=1S/C19H24O2/c1-9-12(4)21-18-14(9)16(19(6,7)8)11(3)17-15(18)10(2)13(5)20-17/h1-8H3. The first-order valence-corrected chi connectivity index (χ1v) is 7.57. The van der Waals surface area contributed by atoms with Crippen LogP contribution in [0.3, 0.4) is 0 Å². The maximum Gasteiger partial charge on any atom is 0.146 e. The molecular weight excluding hydrogens is 260 g/mol. The summed E-state index contributed by atoms with van der Waals surface area (Å²) >= 11 is 0. The van der Waals surface area contributed by atoms with Crippen LogP contribution in [-0.2, 0) is 5.41 Å². The van der Waals surface area contributed by atoms with Crippen LogP contribution in [0.2, 0.25) is 0 Å². The summed E-state index contributed by atoms with van der Waals surface area (Å²) in [6, 6.07) is 0. The number of hydrogen-bond donors (Lipinski definition) is 0. The van der Waals surface area contributed by atoms with Gasteiger partial charge in [-0.05, 0) is 56.7 Å². The van der Waals surface area contributed by atoms with Crippen LogP contribution in [0, 0.1) is 34.6 Å². The van der Waals surface area contributed by atoms with Crippen molar-refractivity contribution in [3.63, 3.8) is 0 Å². The summed E-state index contributed by atoms with van der Waals surface area (Å²) in [4.78, 5) is 0. The van der Waals surface area contributed by atoms with Crippen LogP contribution >= 0.6 is 0 Å².